The van der Waals surface area contributed by atoms with Gasteiger partial charge in [-0.25, -0.2) is 4.98 Å². The van der Waals surface area contributed by atoms with E-state index in [4.69, 9.17) is 10.00 Å². The van der Waals surface area contributed by atoms with Crippen LogP contribution in [-0.4, -0.2) is 30.2 Å². The summed E-state index contributed by atoms with van der Waals surface area (Å²) in [6, 6.07) is 1.79. The van der Waals surface area contributed by atoms with Gasteiger partial charge in [0.05, 0.1) is 30.9 Å². The zero-order valence-corrected chi connectivity index (χ0v) is 7.45. The first kappa shape index (κ1) is 9.71. The predicted molar refractivity (Wildman–Crippen MR) is 46.8 cm³/mol. The van der Waals surface area contributed by atoms with Gasteiger partial charge in [0.15, 0.2) is 0 Å². The fraction of sp³-hybridized carbons (Fsp3) is 0.500. The van der Waals surface area contributed by atoms with Crippen molar-refractivity contribution < 1.29 is 4.74 Å². The van der Waals surface area contributed by atoms with E-state index in [0.717, 1.165) is 5.69 Å². The minimum atomic E-state index is -0.336. The largest absolute Gasteiger partial charge is 0.383 e. The van der Waals surface area contributed by atoms with E-state index in [1.165, 1.54) is 0 Å². The Morgan fingerprint density at radius 2 is 2.69 bits per heavy atom. The van der Waals surface area contributed by atoms with Crippen LogP contribution in [0, 0.1) is 11.3 Å². The average Bonchev–Trinajstić information content (AvgIpc) is 2.65. The van der Waals surface area contributed by atoms with Gasteiger partial charge in [-0.3, -0.25) is 5.32 Å². The average molecular weight is 180 g/mol. The van der Waals surface area contributed by atoms with Gasteiger partial charge >= 0.3 is 0 Å². The Morgan fingerprint density at radius 1 is 1.85 bits per heavy atom. The number of aromatic nitrogens is 2. The summed E-state index contributed by atoms with van der Waals surface area (Å²) in [7, 11) is 1.62. The first-order valence-electron chi connectivity index (χ1n) is 3.98. The van der Waals surface area contributed by atoms with Crippen molar-refractivity contribution in [3.05, 3.63) is 18.2 Å². The van der Waals surface area contributed by atoms with Crippen LogP contribution in [0.15, 0.2) is 12.5 Å². The van der Waals surface area contributed by atoms with E-state index in [9.17, 15) is 0 Å². The Bertz CT molecular complexity index is 264. The molecule has 13 heavy (non-hydrogen) atoms. The van der Waals surface area contributed by atoms with Crippen molar-refractivity contribution in [2.24, 2.45) is 0 Å². The number of H-pyrrole nitrogens is 1. The minimum absolute atomic E-state index is 0.336. The normalized spacial score (nSPS) is 12.3. The number of nitriles is 1. The zero-order chi connectivity index (χ0) is 9.52. The number of hydrogen-bond donors (Lipinski definition) is 2. The molecule has 5 nitrogen and oxygen atoms in total. The van der Waals surface area contributed by atoms with Gasteiger partial charge in [0.1, 0.15) is 6.04 Å². The third kappa shape index (κ3) is 2.86. The van der Waals surface area contributed by atoms with Crippen molar-refractivity contribution in [3.63, 3.8) is 0 Å². The van der Waals surface area contributed by atoms with E-state index < -0.39 is 0 Å². The molecule has 70 valence electrons. The van der Waals surface area contributed by atoms with Crippen LogP contribution in [0.1, 0.15) is 11.7 Å². The second kappa shape index (κ2) is 5.30. The van der Waals surface area contributed by atoms with Crippen molar-refractivity contribution in [1.82, 2.24) is 15.3 Å². The Morgan fingerprint density at radius 3 is 3.23 bits per heavy atom. The van der Waals surface area contributed by atoms with Crippen LogP contribution in [0.2, 0.25) is 0 Å². The molecule has 1 unspecified atom stereocenters. The second-order valence-corrected chi connectivity index (χ2v) is 2.52. The molecule has 0 amide bonds. The Kier molecular flexibility index (Phi) is 3.96. The molecule has 1 aromatic heterocycles. The molecule has 0 saturated heterocycles. The minimum Gasteiger partial charge on any atom is -0.383 e. The topological polar surface area (TPSA) is 73.7 Å². The summed E-state index contributed by atoms with van der Waals surface area (Å²) in [6.45, 7) is 1.24. The summed E-state index contributed by atoms with van der Waals surface area (Å²) in [4.78, 5) is 6.72. The van der Waals surface area contributed by atoms with Crippen LogP contribution in [0.4, 0.5) is 0 Å². The van der Waals surface area contributed by atoms with Crippen molar-refractivity contribution in [2.45, 2.75) is 6.04 Å². The molecule has 0 aromatic carbocycles. The van der Waals surface area contributed by atoms with Gasteiger partial charge in [0, 0.05) is 13.7 Å². The molecule has 5 heteroatoms. The maximum Gasteiger partial charge on any atom is 0.137 e. The highest BCUT2D eigenvalue weighted by atomic mass is 16.5. The lowest BCUT2D eigenvalue weighted by molar-refractivity contribution is 0.197. The Labute approximate surface area is 76.7 Å². The quantitative estimate of drug-likeness (QED) is 0.635. The Hall–Kier alpha value is -1.38. The van der Waals surface area contributed by atoms with E-state index in [2.05, 4.69) is 21.4 Å². The number of aromatic amines is 1. The molecule has 1 aromatic rings. The van der Waals surface area contributed by atoms with Gasteiger partial charge in [0.25, 0.3) is 0 Å². The number of methoxy groups -OCH3 is 1. The van der Waals surface area contributed by atoms with E-state index in [1.54, 1.807) is 19.6 Å². The molecule has 0 fully saturated rings. The van der Waals surface area contributed by atoms with E-state index >= 15 is 0 Å². The molecule has 0 radical (unpaired) electrons. The third-order valence-electron chi connectivity index (χ3n) is 1.61. The maximum atomic E-state index is 8.80. The van der Waals surface area contributed by atoms with Gasteiger partial charge in [-0.05, 0) is 0 Å². The summed E-state index contributed by atoms with van der Waals surface area (Å²) in [5.41, 5.74) is 0.776. The van der Waals surface area contributed by atoms with Crippen LogP contribution in [0.5, 0.6) is 0 Å². The first-order valence-corrected chi connectivity index (χ1v) is 3.98. The van der Waals surface area contributed by atoms with Crippen LogP contribution in [0.3, 0.4) is 0 Å². The lowest BCUT2D eigenvalue weighted by Gasteiger charge is -2.08. The van der Waals surface area contributed by atoms with Crippen molar-refractivity contribution in [1.29, 1.82) is 5.26 Å². The molecule has 0 bridgehead atoms. The fourth-order valence-corrected chi connectivity index (χ4v) is 0.955. The van der Waals surface area contributed by atoms with Gasteiger partial charge in [0.2, 0.25) is 0 Å². The van der Waals surface area contributed by atoms with Crippen molar-refractivity contribution in [3.8, 4) is 6.07 Å². The maximum absolute atomic E-state index is 8.80. The molecular weight excluding hydrogens is 168 g/mol. The summed E-state index contributed by atoms with van der Waals surface area (Å²) in [5, 5.41) is 11.8. The Balaban J connectivity index is 2.41. The van der Waals surface area contributed by atoms with Gasteiger partial charge in [-0.1, -0.05) is 0 Å². The smallest absolute Gasteiger partial charge is 0.137 e. The molecule has 1 heterocycles. The fourth-order valence-electron chi connectivity index (χ4n) is 0.955. The SMILES string of the molecule is COCCNC(C#N)c1cnc[nH]1. The lowest BCUT2D eigenvalue weighted by atomic mass is 10.2. The molecule has 0 aliphatic carbocycles. The van der Waals surface area contributed by atoms with Crippen LogP contribution >= 0.6 is 0 Å². The van der Waals surface area contributed by atoms with Crippen molar-refractivity contribution >= 4 is 0 Å². The molecule has 2 N–H and O–H groups in total. The predicted octanol–water partition coefficient (Wildman–Crippen LogP) is 0.210. The number of hydrogen-bond acceptors (Lipinski definition) is 4. The molecule has 1 rings (SSSR count). The lowest BCUT2D eigenvalue weighted by Crippen LogP contribution is -2.24. The standard InChI is InChI=1S/C8H12N4O/c1-13-3-2-11-7(4-9)8-5-10-6-12-8/h5-7,11H,2-3H2,1H3,(H,10,12). The summed E-state index contributed by atoms with van der Waals surface area (Å²) < 4.78 is 4.86. The highest BCUT2D eigenvalue weighted by Crippen LogP contribution is 2.05. The third-order valence-corrected chi connectivity index (χ3v) is 1.61. The number of ether oxygens (including phenoxy) is 1. The molecule has 0 saturated carbocycles. The summed E-state index contributed by atoms with van der Waals surface area (Å²) in [5.74, 6) is 0. The molecule has 0 aliphatic rings. The summed E-state index contributed by atoms with van der Waals surface area (Å²) in [6.07, 6.45) is 3.19. The van der Waals surface area contributed by atoms with Crippen LogP contribution < -0.4 is 5.32 Å². The molecule has 0 spiro atoms. The van der Waals surface area contributed by atoms with E-state index in [1.807, 2.05) is 0 Å². The highest BCUT2D eigenvalue weighted by molar-refractivity contribution is 5.11. The number of imidazole rings is 1. The first-order chi connectivity index (χ1) is 6.38. The van der Waals surface area contributed by atoms with Crippen molar-refractivity contribution in [2.75, 3.05) is 20.3 Å². The number of rotatable bonds is 5. The van der Waals surface area contributed by atoms with Crippen LogP contribution in [-0.2, 0) is 4.74 Å². The van der Waals surface area contributed by atoms with Crippen LogP contribution in [0.25, 0.3) is 0 Å². The van der Waals surface area contributed by atoms with Gasteiger partial charge in [-0.2, -0.15) is 5.26 Å². The monoisotopic (exact) mass is 180 g/mol. The molecule has 1 atom stereocenters. The summed E-state index contributed by atoms with van der Waals surface area (Å²) >= 11 is 0. The van der Waals surface area contributed by atoms with E-state index in [0.29, 0.717) is 13.2 Å². The number of nitrogens with zero attached hydrogens (tertiary/aromatic N) is 2. The van der Waals surface area contributed by atoms with Gasteiger partial charge in [-0.15, -0.1) is 0 Å². The molecule has 0 aliphatic heterocycles. The van der Waals surface area contributed by atoms with E-state index in [-0.39, 0.29) is 6.04 Å². The second-order valence-electron chi connectivity index (χ2n) is 2.52. The zero-order valence-electron chi connectivity index (χ0n) is 7.45. The highest BCUT2D eigenvalue weighted by Gasteiger charge is 2.09. The van der Waals surface area contributed by atoms with Gasteiger partial charge < -0.3 is 9.72 Å². The molecular formula is C8H12N4O. The number of nitrogens with one attached hydrogen (secondary N) is 2.